The van der Waals surface area contributed by atoms with Crippen LogP contribution < -0.4 is 10.6 Å². The number of carbonyl (C=O) groups is 1. The Hall–Kier alpha value is -0.770. The van der Waals surface area contributed by atoms with E-state index in [1.165, 1.54) is 5.31 Å². The maximum Gasteiger partial charge on any atom is 0.407 e. The van der Waals surface area contributed by atoms with E-state index in [0.717, 1.165) is 12.8 Å². The number of ether oxygens (including phenoxy) is 1. The summed E-state index contributed by atoms with van der Waals surface area (Å²) in [6, 6.07) is 0.154. The summed E-state index contributed by atoms with van der Waals surface area (Å²) < 4.78 is 12.5. The normalized spacial score (nSPS) is 21.5. The number of alkyl carbamates (subject to hydrolysis) is 1. The molecule has 1 saturated heterocycles. The van der Waals surface area contributed by atoms with Crippen molar-refractivity contribution < 1.29 is 10.9 Å². The lowest BCUT2D eigenvalue weighted by Gasteiger charge is -2.26. The van der Waals surface area contributed by atoms with E-state index in [4.69, 9.17) is 6.15 Å². The highest BCUT2D eigenvalue weighted by atomic mass is 16.6. The third kappa shape index (κ3) is 4.46. The van der Waals surface area contributed by atoms with Gasteiger partial charge in [-0.15, -0.1) is 0 Å². The molecule has 0 bridgehead atoms. The van der Waals surface area contributed by atoms with Crippen molar-refractivity contribution in [2.24, 2.45) is 0 Å². The zero-order valence-corrected chi connectivity index (χ0v) is 9.17. The predicted molar refractivity (Wildman–Crippen MR) is 55.3 cm³/mol. The number of rotatable bonds is 1. The highest BCUT2D eigenvalue weighted by Gasteiger charge is 2.20. The van der Waals surface area contributed by atoms with Gasteiger partial charge in [-0.3, -0.25) is 0 Å². The summed E-state index contributed by atoms with van der Waals surface area (Å²) >= 11 is 0. The molecule has 1 fully saturated rings. The number of hydrogen-bond acceptors (Lipinski definition) is 3. The molecule has 82 valence electrons. The van der Waals surface area contributed by atoms with Crippen molar-refractivity contribution in [1.29, 1.82) is 0 Å². The smallest absolute Gasteiger partial charge is 0.407 e. The molecule has 4 heteroatoms. The fraction of sp³-hybridized carbons (Fsp3) is 0.900. The van der Waals surface area contributed by atoms with E-state index in [0.29, 0.717) is 13.1 Å². The first-order chi connectivity index (χ1) is 6.87. The van der Waals surface area contributed by atoms with Gasteiger partial charge in [0.15, 0.2) is 0 Å². The summed E-state index contributed by atoms with van der Waals surface area (Å²) in [5.74, 6) is 0. The van der Waals surface area contributed by atoms with Crippen LogP contribution in [-0.4, -0.2) is 30.8 Å². The first-order valence-electron chi connectivity index (χ1n) is 5.55. The van der Waals surface area contributed by atoms with Crippen LogP contribution in [0.25, 0.3) is 0 Å². The third-order valence-corrected chi connectivity index (χ3v) is 1.99. The van der Waals surface area contributed by atoms with Gasteiger partial charge >= 0.3 is 6.09 Å². The van der Waals surface area contributed by atoms with Crippen LogP contribution in [0.5, 0.6) is 0 Å². The van der Waals surface area contributed by atoms with Crippen molar-refractivity contribution in [3.8, 4) is 0 Å². The van der Waals surface area contributed by atoms with Crippen LogP contribution >= 0.6 is 0 Å². The fourth-order valence-corrected chi connectivity index (χ4v) is 1.37. The van der Waals surface area contributed by atoms with Crippen LogP contribution in [0, 0.1) is 0 Å². The lowest BCUT2D eigenvalue weighted by molar-refractivity contribution is 0.0495. The number of nitrogens with one attached hydrogen (secondary N) is 2. The fourth-order valence-electron chi connectivity index (χ4n) is 1.37. The third-order valence-electron chi connectivity index (χ3n) is 1.99. The van der Waals surface area contributed by atoms with E-state index in [-0.39, 0.29) is 12.1 Å². The molecule has 0 saturated carbocycles. The van der Waals surface area contributed by atoms with Crippen molar-refractivity contribution in [3.05, 3.63) is 0 Å². The van der Waals surface area contributed by atoms with E-state index in [9.17, 15) is 4.79 Å². The summed E-state index contributed by atoms with van der Waals surface area (Å²) in [5.41, 5.74) is -0.444. The second kappa shape index (κ2) is 4.64. The molecule has 0 radical (unpaired) electrons. The van der Waals surface area contributed by atoms with Crippen molar-refractivity contribution in [2.45, 2.75) is 45.3 Å². The van der Waals surface area contributed by atoms with Crippen molar-refractivity contribution >= 4 is 6.09 Å². The number of amides is 1. The molecule has 14 heavy (non-hydrogen) atoms. The maximum atomic E-state index is 11.4. The number of piperidine rings is 1. The minimum Gasteiger partial charge on any atom is -0.444 e. The van der Waals surface area contributed by atoms with Gasteiger partial charge in [0.25, 0.3) is 0 Å². The largest absolute Gasteiger partial charge is 0.444 e. The zero-order valence-electron chi connectivity index (χ0n) is 10.2. The average molecular weight is 201 g/mol. The molecule has 1 aliphatic rings. The van der Waals surface area contributed by atoms with Crippen molar-refractivity contribution in [2.75, 3.05) is 13.1 Å². The Morgan fingerprint density at radius 2 is 2.07 bits per heavy atom. The Morgan fingerprint density at radius 3 is 2.57 bits per heavy atom. The van der Waals surface area contributed by atoms with Gasteiger partial charge in [0.2, 0.25) is 0 Å². The minimum absolute atomic E-state index is 0.154. The van der Waals surface area contributed by atoms with E-state index < -0.39 is 5.60 Å². The summed E-state index contributed by atoms with van der Waals surface area (Å²) in [5, 5.41) is 4.35. The van der Waals surface area contributed by atoms with Crippen LogP contribution in [0.15, 0.2) is 0 Å². The Kier molecular flexibility index (Phi) is 3.24. The van der Waals surface area contributed by atoms with Gasteiger partial charge in [0.05, 0.1) is 0 Å². The summed E-state index contributed by atoms with van der Waals surface area (Å²) in [6.07, 6.45) is 1.29. The highest BCUT2D eigenvalue weighted by molar-refractivity contribution is 5.68. The van der Waals surface area contributed by atoms with E-state index in [1.807, 2.05) is 20.8 Å². The Balaban J connectivity index is 2.27. The van der Waals surface area contributed by atoms with Crippen LogP contribution in [0.2, 0.25) is 1.41 Å². The Labute approximate surface area is 86.9 Å². The van der Waals surface area contributed by atoms with Gasteiger partial charge in [0.1, 0.15) is 7.01 Å². The maximum absolute atomic E-state index is 11.4. The van der Waals surface area contributed by atoms with E-state index in [2.05, 4.69) is 5.32 Å². The molecular weight excluding hydrogens is 180 g/mol. The molecule has 0 aliphatic carbocycles. The molecule has 4 nitrogen and oxygen atoms in total. The molecule has 0 atom stereocenters. The summed E-state index contributed by atoms with van der Waals surface area (Å²) in [7, 11) is 0. The zero-order chi connectivity index (χ0) is 11.5. The van der Waals surface area contributed by atoms with Gasteiger partial charge in [-0.25, -0.2) is 4.79 Å². The first-order valence-corrected chi connectivity index (χ1v) is 5.10. The lowest BCUT2D eigenvalue weighted by Crippen LogP contribution is -2.44. The molecule has 1 rings (SSSR count). The summed E-state index contributed by atoms with van der Waals surface area (Å²) in [6.45, 7) is 6.96. The molecule has 0 aromatic carbocycles. The van der Waals surface area contributed by atoms with Crippen molar-refractivity contribution in [3.63, 3.8) is 0 Å². The van der Waals surface area contributed by atoms with Crippen molar-refractivity contribution in [1.82, 2.24) is 10.6 Å². The van der Waals surface area contributed by atoms with Gasteiger partial charge < -0.3 is 15.4 Å². The van der Waals surface area contributed by atoms with Crippen LogP contribution in [-0.2, 0) is 4.74 Å². The monoisotopic (exact) mass is 201 g/mol. The van der Waals surface area contributed by atoms with Gasteiger partial charge in [-0.1, -0.05) is 0 Å². The molecule has 0 spiro atoms. The van der Waals surface area contributed by atoms with Crippen LogP contribution in [0.3, 0.4) is 0 Å². The average Bonchev–Trinajstić information content (AvgIpc) is 2.05. The second-order valence-corrected chi connectivity index (χ2v) is 4.59. The molecular formula is C10H20N2O2. The second-order valence-electron chi connectivity index (χ2n) is 4.59. The highest BCUT2D eigenvalue weighted by Crippen LogP contribution is 2.08. The first kappa shape index (κ1) is 9.77. The van der Waals surface area contributed by atoms with Gasteiger partial charge in [-0.05, 0) is 46.7 Å². The molecule has 0 aromatic heterocycles. The molecule has 1 heterocycles. The van der Waals surface area contributed by atoms with Gasteiger partial charge in [0, 0.05) is 6.04 Å². The molecule has 0 unspecified atom stereocenters. The number of hydrogen-bond donors (Lipinski definition) is 2. The molecule has 1 aliphatic heterocycles. The standard InChI is InChI=1S/C10H20N2O2/c1-10(2,3)14-9(13)12-8-4-6-11-7-5-8/h8,11H,4-7H2,1-3H3,(H,12,13)/i/hD. The quantitative estimate of drug-likeness (QED) is 0.671. The molecule has 2 N–H and O–H groups in total. The van der Waals surface area contributed by atoms with Gasteiger partial charge in [-0.2, -0.15) is 0 Å². The molecule has 0 aromatic rings. The minimum atomic E-state index is -0.444. The topological polar surface area (TPSA) is 50.4 Å². The Morgan fingerprint density at radius 1 is 1.50 bits per heavy atom. The Bertz CT molecular complexity index is 220. The summed E-state index contributed by atoms with van der Waals surface area (Å²) in [4.78, 5) is 11.4. The molecule has 1 amide bonds. The lowest BCUT2D eigenvalue weighted by atomic mass is 10.1. The predicted octanol–water partition coefficient (Wildman–Crippen LogP) is 1.26. The van der Waals surface area contributed by atoms with Crippen LogP contribution in [0.4, 0.5) is 4.79 Å². The number of carbonyl (C=O) groups excluding carboxylic acids is 1. The van der Waals surface area contributed by atoms with E-state index in [1.54, 1.807) is 0 Å². The van der Waals surface area contributed by atoms with Crippen LogP contribution in [0.1, 0.15) is 33.6 Å². The van der Waals surface area contributed by atoms with E-state index >= 15 is 0 Å². The SMILES string of the molecule is [2H]N1CCC(NC(=O)OC(C)(C)C)CC1.